The number of urea groups is 1. The molecule has 0 aliphatic carbocycles. The maximum Gasteiger partial charge on any atom is 0.319 e. The third-order valence-corrected chi connectivity index (χ3v) is 4.10. The number of anilines is 4. The molecule has 1 aromatic carbocycles. The van der Waals surface area contributed by atoms with Crippen molar-refractivity contribution in [2.24, 2.45) is 0 Å². The largest absolute Gasteiger partial charge is 0.373 e. The molecule has 4 aromatic rings. The van der Waals surface area contributed by atoms with Crippen LogP contribution in [0.4, 0.5) is 27.8 Å². The predicted octanol–water partition coefficient (Wildman–Crippen LogP) is 2.81. The Bertz CT molecular complexity index is 1130. The van der Waals surface area contributed by atoms with Crippen LogP contribution in [0.3, 0.4) is 0 Å². The molecule has 9 heteroatoms. The van der Waals surface area contributed by atoms with Gasteiger partial charge < -0.3 is 21.3 Å². The number of hydrogen-bond donors (Lipinski definition) is 4. The number of carbonyl (C=O) groups excluding carboxylic acids is 1. The van der Waals surface area contributed by atoms with Crippen LogP contribution >= 0.6 is 0 Å². The number of nitrogens with zero attached hydrogens (tertiary/aromatic N) is 4. The van der Waals surface area contributed by atoms with E-state index in [1.807, 2.05) is 36.4 Å². The van der Waals surface area contributed by atoms with Gasteiger partial charge >= 0.3 is 6.03 Å². The van der Waals surface area contributed by atoms with Gasteiger partial charge in [-0.3, -0.25) is 4.98 Å². The first kappa shape index (κ1) is 16.6. The van der Waals surface area contributed by atoms with Gasteiger partial charge in [-0.2, -0.15) is 9.61 Å². The second-order valence-corrected chi connectivity index (χ2v) is 5.78. The van der Waals surface area contributed by atoms with Crippen LogP contribution in [-0.2, 0) is 0 Å². The molecule has 0 aliphatic rings. The van der Waals surface area contributed by atoms with Crippen LogP contribution in [0.5, 0.6) is 0 Å². The lowest BCUT2D eigenvalue weighted by atomic mass is 10.2. The first-order valence-corrected chi connectivity index (χ1v) is 8.35. The van der Waals surface area contributed by atoms with Gasteiger partial charge in [0.15, 0.2) is 5.65 Å². The Balaban J connectivity index is 1.79. The zero-order valence-electron chi connectivity index (χ0n) is 14.8. The first-order valence-electron chi connectivity index (χ1n) is 8.35. The molecule has 9 nitrogen and oxygen atoms in total. The molecule has 0 saturated heterocycles. The van der Waals surface area contributed by atoms with Crippen LogP contribution in [0.15, 0.2) is 48.8 Å². The minimum absolute atomic E-state index is 0.339. The van der Waals surface area contributed by atoms with E-state index in [-0.39, 0.29) is 6.03 Å². The van der Waals surface area contributed by atoms with Crippen molar-refractivity contribution in [3.8, 4) is 0 Å². The van der Waals surface area contributed by atoms with Crippen molar-refractivity contribution in [2.45, 2.75) is 0 Å². The first-order chi connectivity index (χ1) is 13.2. The zero-order valence-corrected chi connectivity index (χ0v) is 14.8. The van der Waals surface area contributed by atoms with Crippen molar-refractivity contribution in [3.05, 3.63) is 48.8 Å². The Morgan fingerprint density at radius 3 is 2.78 bits per heavy atom. The molecule has 3 aromatic heterocycles. The quantitative estimate of drug-likeness (QED) is 0.445. The number of benzene rings is 1. The number of carbonyl (C=O) groups is 1. The van der Waals surface area contributed by atoms with Gasteiger partial charge in [-0.15, -0.1) is 0 Å². The van der Waals surface area contributed by atoms with Gasteiger partial charge in [0.05, 0.1) is 17.4 Å². The average Bonchev–Trinajstić information content (AvgIpc) is 3.10. The summed E-state index contributed by atoms with van der Waals surface area (Å²) in [5.74, 6) is 1.33. The fourth-order valence-corrected chi connectivity index (χ4v) is 2.82. The maximum atomic E-state index is 11.7. The molecule has 0 unspecified atom stereocenters. The molecule has 0 bridgehead atoms. The van der Waals surface area contributed by atoms with Gasteiger partial charge in [-0.05, 0) is 12.1 Å². The zero-order chi connectivity index (χ0) is 18.8. The van der Waals surface area contributed by atoms with Crippen molar-refractivity contribution >= 4 is 45.6 Å². The summed E-state index contributed by atoms with van der Waals surface area (Å²) in [4.78, 5) is 20.7. The van der Waals surface area contributed by atoms with Crippen LogP contribution in [0, 0.1) is 0 Å². The third-order valence-electron chi connectivity index (χ3n) is 4.10. The summed E-state index contributed by atoms with van der Waals surface area (Å²) >= 11 is 0. The standard InChI is InChI=1S/C18H18N8O/c1-19-15-9-14(23-12-7-3-5-11-6-4-8-21-16(11)12)25-17-13(10-22-26(15)17)24-18(27)20-2/h3-10,19H,1-2H3,(H,23,25)(H2,20,24,27). The van der Waals surface area contributed by atoms with E-state index in [2.05, 4.69) is 36.3 Å². The lowest BCUT2D eigenvalue weighted by molar-refractivity contribution is 0.254. The van der Waals surface area contributed by atoms with Crippen LogP contribution in [0.25, 0.3) is 16.6 Å². The second kappa shape index (κ2) is 6.79. The van der Waals surface area contributed by atoms with E-state index in [0.717, 1.165) is 22.4 Å². The minimum atomic E-state index is -0.339. The summed E-state index contributed by atoms with van der Waals surface area (Å²) in [6, 6.07) is 11.3. The molecule has 3 heterocycles. The molecule has 0 saturated carbocycles. The number of rotatable bonds is 4. The van der Waals surface area contributed by atoms with Gasteiger partial charge in [0, 0.05) is 31.7 Å². The molecule has 136 valence electrons. The lowest BCUT2D eigenvalue weighted by Crippen LogP contribution is -2.24. The van der Waals surface area contributed by atoms with Gasteiger partial charge in [0.2, 0.25) is 0 Å². The number of hydrogen-bond acceptors (Lipinski definition) is 6. The number of amides is 2. The Kier molecular flexibility index (Phi) is 4.17. The SMILES string of the molecule is CNC(=O)Nc1cnn2c(NC)cc(Nc3cccc4cccnc34)nc12. The summed E-state index contributed by atoms with van der Waals surface area (Å²) in [5, 5.41) is 17.0. The van der Waals surface area contributed by atoms with Crippen molar-refractivity contribution < 1.29 is 4.79 Å². The second-order valence-electron chi connectivity index (χ2n) is 5.78. The van der Waals surface area contributed by atoms with Gasteiger partial charge in [-0.25, -0.2) is 9.78 Å². The Morgan fingerprint density at radius 1 is 1.11 bits per heavy atom. The summed E-state index contributed by atoms with van der Waals surface area (Å²) in [6.45, 7) is 0. The molecule has 0 radical (unpaired) electrons. The molecular weight excluding hydrogens is 344 g/mol. The van der Waals surface area contributed by atoms with E-state index in [9.17, 15) is 4.79 Å². The number of nitrogens with one attached hydrogen (secondary N) is 4. The van der Waals surface area contributed by atoms with Gasteiger partial charge in [0.1, 0.15) is 17.3 Å². The predicted molar refractivity (Wildman–Crippen MR) is 106 cm³/mol. The highest BCUT2D eigenvalue weighted by Crippen LogP contribution is 2.27. The molecule has 27 heavy (non-hydrogen) atoms. The summed E-state index contributed by atoms with van der Waals surface area (Å²) < 4.78 is 1.62. The monoisotopic (exact) mass is 362 g/mol. The highest BCUT2D eigenvalue weighted by Gasteiger charge is 2.13. The number of aromatic nitrogens is 4. The Hall–Kier alpha value is -3.88. The van der Waals surface area contributed by atoms with E-state index >= 15 is 0 Å². The van der Waals surface area contributed by atoms with E-state index < -0.39 is 0 Å². The molecule has 0 fully saturated rings. The molecular formula is C18H18N8O. The van der Waals surface area contributed by atoms with Crippen LogP contribution in [0.1, 0.15) is 0 Å². The molecule has 0 aliphatic heterocycles. The summed E-state index contributed by atoms with van der Waals surface area (Å²) in [6.07, 6.45) is 3.31. The van der Waals surface area contributed by atoms with Crippen molar-refractivity contribution in [1.29, 1.82) is 0 Å². The fourth-order valence-electron chi connectivity index (χ4n) is 2.82. The molecule has 4 rings (SSSR count). The summed E-state index contributed by atoms with van der Waals surface area (Å²) in [7, 11) is 3.35. The Morgan fingerprint density at radius 2 is 1.96 bits per heavy atom. The van der Waals surface area contributed by atoms with Gasteiger partial charge in [-0.1, -0.05) is 18.2 Å². The summed E-state index contributed by atoms with van der Waals surface area (Å²) in [5.41, 5.74) is 2.71. The van der Waals surface area contributed by atoms with E-state index in [1.54, 1.807) is 31.0 Å². The minimum Gasteiger partial charge on any atom is -0.373 e. The van der Waals surface area contributed by atoms with Crippen molar-refractivity contribution in [3.63, 3.8) is 0 Å². The average molecular weight is 362 g/mol. The third kappa shape index (κ3) is 3.06. The molecule has 4 N–H and O–H groups in total. The Labute approximate surface area is 154 Å². The topological polar surface area (TPSA) is 108 Å². The maximum absolute atomic E-state index is 11.7. The van der Waals surface area contributed by atoms with E-state index in [1.165, 1.54) is 0 Å². The molecule has 0 atom stereocenters. The van der Waals surface area contributed by atoms with Crippen molar-refractivity contribution in [2.75, 3.05) is 30.0 Å². The highest BCUT2D eigenvalue weighted by atomic mass is 16.2. The van der Waals surface area contributed by atoms with E-state index in [0.29, 0.717) is 17.2 Å². The van der Waals surface area contributed by atoms with Crippen LogP contribution < -0.4 is 21.3 Å². The van der Waals surface area contributed by atoms with Gasteiger partial charge in [0.25, 0.3) is 0 Å². The smallest absolute Gasteiger partial charge is 0.319 e. The molecule has 0 spiro atoms. The molecule has 2 amide bonds. The highest BCUT2D eigenvalue weighted by molar-refractivity contribution is 5.94. The van der Waals surface area contributed by atoms with E-state index in [4.69, 9.17) is 0 Å². The van der Waals surface area contributed by atoms with Crippen LogP contribution in [0.2, 0.25) is 0 Å². The normalized spacial score (nSPS) is 10.7. The van der Waals surface area contributed by atoms with Crippen LogP contribution in [-0.4, -0.2) is 39.7 Å². The number of para-hydroxylation sites is 1. The van der Waals surface area contributed by atoms with Crippen molar-refractivity contribution in [1.82, 2.24) is 24.9 Å². The number of pyridine rings is 1. The lowest BCUT2D eigenvalue weighted by Gasteiger charge is -2.11. The number of fused-ring (bicyclic) bond motifs is 2. The fraction of sp³-hybridized carbons (Fsp3) is 0.111.